The number of hydrogen-bond acceptors (Lipinski definition) is 2. The molecule has 0 saturated heterocycles. The van der Waals surface area contributed by atoms with Gasteiger partial charge in [-0.3, -0.25) is 4.79 Å². The first-order valence-electron chi connectivity index (χ1n) is 4.94. The summed E-state index contributed by atoms with van der Waals surface area (Å²) >= 11 is 0. The molecule has 1 heterocycles. The van der Waals surface area contributed by atoms with Gasteiger partial charge < -0.3 is 9.67 Å². The molecular weight excluding hydrogens is 225 g/mol. The first-order valence-corrected chi connectivity index (χ1v) is 4.94. The van der Waals surface area contributed by atoms with Gasteiger partial charge in [0.15, 0.2) is 0 Å². The number of halogens is 1. The van der Waals surface area contributed by atoms with E-state index in [2.05, 4.69) is 0 Å². The van der Waals surface area contributed by atoms with Crippen molar-refractivity contribution in [2.24, 2.45) is 7.05 Å². The van der Waals surface area contributed by atoms with Gasteiger partial charge in [0.2, 0.25) is 5.43 Å². The van der Waals surface area contributed by atoms with Crippen molar-refractivity contribution < 1.29 is 14.3 Å². The zero-order valence-electron chi connectivity index (χ0n) is 9.32. The molecule has 1 N–H and O–H groups in total. The second-order valence-electron chi connectivity index (χ2n) is 3.91. The van der Waals surface area contributed by atoms with E-state index in [1.807, 2.05) is 0 Å². The number of benzene rings is 1. The lowest BCUT2D eigenvalue weighted by atomic mass is 10.1. The van der Waals surface area contributed by atoms with E-state index in [9.17, 15) is 14.0 Å². The molecule has 0 aliphatic heterocycles. The topological polar surface area (TPSA) is 59.3 Å². The van der Waals surface area contributed by atoms with Gasteiger partial charge in [0.25, 0.3) is 0 Å². The number of pyridine rings is 1. The predicted molar refractivity (Wildman–Crippen MR) is 60.8 cm³/mol. The Bertz CT molecular complexity index is 688. The molecular formula is C12H10FNO3. The number of rotatable bonds is 1. The first kappa shape index (κ1) is 11.3. The molecule has 0 bridgehead atoms. The second kappa shape index (κ2) is 3.69. The van der Waals surface area contributed by atoms with Gasteiger partial charge in [0.05, 0.1) is 5.52 Å². The fourth-order valence-corrected chi connectivity index (χ4v) is 1.76. The summed E-state index contributed by atoms with van der Waals surface area (Å²) in [6, 6.07) is 2.61. The van der Waals surface area contributed by atoms with Crippen LogP contribution in [0.3, 0.4) is 0 Å². The summed E-state index contributed by atoms with van der Waals surface area (Å²) in [5, 5.41) is 9.10. The van der Waals surface area contributed by atoms with Crippen LogP contribution in [0.15, 0.2) is 23.1 Å². The third-order valence-corrected chi connectivity index (χ3v) is 2.70. The maximum absolute atomic E-state index is 13.4. The number of aryl methyl sites for hydroxylation is 2. The van der Waals surface area contributed by atoms with Crippen LogP contribution < -0.4 is 5.43 Å². The van der Waals surface area contributed by atoms with Crippen molar-refractivity contribution >= 4 is 16.9 Å². The highest BCUT2D eigenvalue weighted by atomic mass is 19.1. The maximum atomic E-state index is 13.4. The molecule has 0 amide bonds. The highest BCUT2D eigenvalue weighted by molar-refractivity contribution is 5.92. The van der Waals surface area contributed by atoms with E-state index in [1.54, 1.807) is 7.05 Å². The second-order valence-corrected chi connectivity index (χ2v) is 3.91. The predicted octanol–water partition coefficient (Wildman–Crippen LogP) is 1.68. The Balaban J connectivity index is 2.99. The lowest BCUT2D eigenvalue weighted by Crippen LogP contribution is -2.18. The monoisotopic (exact) mass is 235 g/mol. The Labute approximate surface area is 95.9 Å². The van der Waals surface area contributed by atoms with Crippen molar-refractivity contribution in [3.8, 4) is 0 Å². The summed E-state index contributed by atoms with van der Waals surface area (Å²) in [4.78, 5) is 22.8. The summed E-state index contributed by atoms with van der Waals surface area (Å²) in [6.07, 6.45) is 1.20. The molecule has 0 aliphatic rings. The minimum atomic E-state index is -1.28. The zero-order chi connectivity index (χ0) is 12.7. The SMILES string of the molecule is Cc1cc2c(=O)c(C(=O)O)cn(C)c2cc1F. The van der Waals surface area contributed by atoms with Gasteiger partial charge in [-0.15, -0.1) is 0 Å². The average Bonchev–Trinajstić information content (AvgIpc) is 2.25. The highest BCUT2D eigenvalue weighted by Gasteiger charge is 2.14. The van der Waals surface area contributed by atoms with E-state index in [4.69, 9.17) is 5.11 Å². The molecule has 4 nitrogen and oxygen atoms in total. The van der Waals surface area contributed by atoms with E-state index >= 15 is 0 Å². The Kier molecular flexibility index (Phi) is 2.46. The largest absolute Gasteiger partial charge is 0.477 e. The van der Waals surface area contributed by atoms with Gasteiger partial charge in [-0.2, -0.15) is 0 Å². The van der Waals surface area contributed by atoms with Crippen LogP contribution in [0.5, 0.6) is 0 Å². The average molecular weight is 235 g/mol. The van der Waals surface area contributed by atoms with Gasteiger partial charge in [0.1, 0.15) is 11.4 Å². The summed E-state index contributed by atoms with van der Waals surface area (Å²) in [7, 11) is 1.57. The molecule has 1 aromatic carbocycles. The molecule has 2 rings (SSSR count). The molecule has 1 aromatic heterocycles. The van der Waals surface area contributed by atoms with Gasteiger partial charge in [-0.1, -0.05) is 0 Å². The van der Waals surface area contributed by atoms with Gasteiger partial charge in [0, 0.05) is 18.6 Å². The van der Waals surface area contributed by atoms with Crippen molar-refractivity contribution in [2.75, 3.05) is 0 Å². The third-order valence-electron chi connectivity index (χ3n) is 2.70. The Morgan fingerprint density at radius 2 is 2.06 bits per heavy atom. The fourth-order valence-electron chi connectivity index (χ4n) is 1.76. The van der Waals surface area contributed by atoms with E-state index in [1.165, 1.54) is 29.8 Å². The molecule has 17 heavy (non-hydrogen) atoms. The molecule has 0 fully saturated rings. The van der Waals surface area contributed by atoms with Crippen LogP contribution in [0.1, 0.15) is 15.9 Å². The van der Waals surface area contributed by atoms with Crippen LogP contribution in [0, 0.1) is 12.7 Å². The van der Waals surface area contributed by atoms with Crippen molar-refractivity contribution in [3.05, 3.63) is 45.5 Å². The molecule has 88 valence electrons. The molecule has 0 aliphatic carbocycles. The summed E-state index contributed by atoms with van der Waals surface area (Å²) in [5.41, 5.74) is -0.208. The maximum Gasteiger partial charge on any atom is 0.341 e. The van der Waals surface area contributed by atoms with Crippen LogP contribution in [0.25, 0.3) is 10.9 Å². The Hall–Kier alpha value is -2.17. The highest BCUT2D eigenvalue weighted by Crippen LogP contribution is 2.16. The number of aromatic nitrogens is 1. The van der Waals surface area contributed by atoms with Crippen molar-refractivity contribution in [1.82, 2.24) is 4.57 Å². The van der Waals surface area contributed by atoms with Gasteiger partial charge >= 0.3 is 5.97 Å². The molecule has 0 atom stereocenters. The van der Waals surface area contributed by atoms with E-state index in [-0.39, 0.29) is 10.9 Å². The van der Waals surface area contributed by atoms with Crippen LogP contribution >= 0.6 is 0 Å². The minimum absolute atomic E-state index is 0.214. The lowest BCUT2D eigenvalue weighted by molar-refractivity contribution is 0.0695. The van der Waals surface area contributed by atoms with E-state index < -0.39 is 17.2 Å². The number of nitrogens with zero attached hydrogens (tertiary/aromatic N) is 1. The summed E-state index contributed by atoms with van der Waals surface area (Å²) in [6.45, 7) is 1.53. The Morgan fingerprint density at radius 3 is 2.65 bits per heavy atom. The standard InChI is InChI=1S/C12H10FNO3/c1-6-3-7-10(4-9(6)13)14(2)5-8(11(7)15)12(16)17/h3-5H,1-2H3,(H,16,17). The van der Waals surface area contributed by atoms with Crippen LogP contribution in [-0.4, -0.2) is 15.6 Å². The van der Waals surface area contributed by atoms with Crippen LogP contribution in [0.2, 0.25) is 0 Å². The van der Waals surface area contributed by atoms with Crippen LogP contribution in [0.4, 0.5) is 4.39 Å². The normalized spacial score (nSPS) is 10.8. The van der Waals surface area contributed by atoms with Gasteiger partial charge in [-0.25, -0.2) is 9.18 Å². The van der Waals surface area contributed by atoms with Gasteiger partial charge in [-0.05, 0) is 24.6 Å². The summed E-state index contributed by atoms with van der Waals surface area (Å²) < 4.78 is 14.8. The third kappa shape index (κ3) is 1.69. The molecule has 0 spiro atoms. The number of aromatic carboxylic acids is 1. The fraction of sp³-hybridized carbons (Fsp3) is 0.167. The minimum Gasteiger partial charge on any atom is -0.477 e. The molecule has 2 aromatic rings. The van der Waals surface area contributed by atoms with Crippen molar-refractivity contribution in [2.45, 2.75) is 6.92 Å². The molecule has 0 unspecified atom stereocenters. The number of carbonyl (C=O) groups is 1. The molecule has 0 saturated carbocycles. The first-order chi connectivity index (χ1) is 7.91. The van der Waals surface area contributed by atoms with E-state index in [0.29, 0.717) is 11.1 Å². The quantitative estimate of drug-likeness (QED) is 0.818. The lowest BCUT2D eigenvalue weighted by Gasteiger charge is -2.08. The molecule has 0 radical (unpaired) electrons. The number of carboxylic acids is 1. The smallest absolute Gasteiger partial charge is 0.341 e. The molecule has 5 heteroatoms. The van der Waals surface area contributed by atoms with E-state index in [0.717, 1.165) is 0 Å². The Morgan fingerprint density at radius 1 is 1.41 bits per heavy atom. The zero-order valence-corrected chi connectivity index (χ0v) is 9.32. The van der Waals surface area contributed by atoms with Crippen molar-refractivity contribution in [1.29, 1.82) is 0 Å². The summed E-state index contributed by atoms with van der Waals surface area (Å²) in [5.74, 6) is -1.70. The number of fused-ring (bicyclic) bond motifs is 1. The van der Waals surface area contributed by atoms with Crippen molar-refractivity contribution in [3.63, 3.8) is 0 Å². The number of carboxylic acid groups (broad SMARTS) is 1. The van der Waals surface area contributed by atoms with Crippen LogP contribution in [-0.2, 0) is 7.05 Å². The number of hydrogen-bond donors (Lipinski definition) is 1.